The third kappa shape index (κ3) is 4.17. The fourth-order valence-corrected chi connectivity index (χ4v) is 5.23. The first kappa shape index (κ1) is 23.8. The molecule has 0 atom stereocenters. The molecule has 0 radical (unpaired) electrons. The topological polar surface area (TPSA) is 71.3 Å². The zero-order chi connectivity index (χ0) is 25.7. The van der Waals surface area contributed by atoms with Gasteiger partial charge in [-0.15, -0.1) is 0 Å². The van der Waals surface area contributed by atoms with Crippen molar-refractivity contribution in [3.63, 3.8) is 0 Å². The molecule has 4 heterocycles. The molecular formula is C28H34N8. The molecule has 0 saturated heterocycles. The molecule has 0 N–H and O–H groups in total. The van der Waals surface area contributed by atoms with Crippen molar-refractivity contribution in [1.29, 1.82) is 0 Å². The van der Waals surface area contributed by atoms with Crippen LogP contribution in [0.3, 0.4) is 0 Å². The molecule has 0 aliphatic carbocycles. The second-order valence-corrected chi connectivity index (χ2v) is 9.90. The molecule has 0 saturated carbocycles. The normalized spacial score (nSPS) is 11.8. The van der Waals surface area contributed by atoms with E-state index >= 15 is 0 Å². The minimum Gasteiger partial charge on any atom is -0.240 e. The van der Waals surface area contributed by atoms with E-state index in [0.29, 0.717) is 0 Å². The van der Waals surface area contributed by atoms with Gasteiger partial charge in [0.05, 0.1) is 22.8 Å². The Labute approximate surface area is 212 Å². The highest BCUT2D eigenvalue weighted by molar-refractivity contribution is 5.32. The number of benzene rings is 1. The van der Waals surface area contributed by atoms with Crippen LogP contribution in [0.5, 0.6) is 0 Å². The molecule has 8 heteroatoms. The van der Waals surface area contributed by atoms with E-state index in [1.807, 2.05) is 27.7 Å². The van der Waals surface area contributed by atoms with E-state index in [-0.39, 0.29) is 12.3 Å². The number of aryl methyl sites for hydroxylation is 8. The zero-order valence-corrected chi connectivity index (χ0v) is 22.4. The van der Waals surface area contributed by atoms with E-state index in [0.717, 1.165) is 56.7 Å². The van der Waals surface area contributed by atoms with Crippen molar-refractivity contribution in [2.75, 3.05) is 0 Å². The number of aromatic nitrogens is 8. The van der Waals surface area contributed by atoms with Crippen molar-refractivity contribution < 1.29 is 0 Å². The molecule has 4 aromatic heterocycles. The first-order valence-corrected chi connectivity index (χ1v) is 12.3. The third-order valence-corrected chi connectivity index (χ3v) is 6.61. The number of nitrogens with zero attached hydrogens (tertiary/aromatic N) is 8. The van der Waals surface area contributed by atoms with Gasteiger partial charge < -0.3 is 0 Å². The minimum absolute atomic E-state index is 0.214. The summed E-state index contributed by atoms with van der Waals surface area (Å²) in [7, 11) is 0. The summed E-state index contributed by atoms with van der Waals surface area (Å²) >= 11 is 0. The molecule has 0 aliphatic rings. The summed E-state index contributed by atoms with van der Waals surface area (Å²) in [6.45, 7) is 16.5. The van der Waals surface area contributed by atoms with Gasteiger partial charge in [0, 0.05) is 22.8 Å². The Kier molecular flexibility index (Phi) is 5.90. The SMILES string of the molecule is Cc1cc(C)n(C(c2cccc(C(n3nc(C)cc3C)n3nc(C)cc3C)c2)n2nc(C)cc2C)n1. The summed E-state index contributed by atoms with van der Waals surface area (Å²) in [5.74, 6) is 0. The van der Waals surface area contributed by atoms with Gasteiger partial charge in [0.15, 0.2) is 12.3 Å². The maximum absolute atomic E-state index is 4.86. The Morgan fingerprint density at radius 3 is 0.944 bits per heavy atom. The fourth-order valence-electron chi connectivity index (χ4n) is 5.23. The van der Waals surface area contributed by atoms with E-state index in [1.165, 1.54) is 0 Å². The molecule has 0 spiro atoms. The van der Waals surface area contributed by atoms with Crippen molar-refractivity contribution in [3.05, 3.63) is 105 Å². The van der Waals surface area contributed by atoms with Crippen LogP contribution in [0, 0.1) is 55.4 Å². The maximum Gasteiger partial charge on any atom is 0.169 e. The summed E-state index contributed by atoms with van der Waals surface area (Å²) in [5.41, 5.74) is 10.5. The molecule has 0 bridgehead atoms. The summed E-state index contributed by atoms with van der Waals surface area (Å²) in [5, 5.41) is 19.4. The third-order valence-electron chi connectivity index (χ3n) is 6.61. The average Bonchev–Trinajstić information content (AvgIpc) is 3.51. The van der Waals surface area contributed by atoms with E-state index in [1.54, 1.807) is 0 Å². The van der Waals surface area contributed by atoms with Crippen LogP contribution in [0.25, 0.3) is 0 Å². The molecule has 5 aromatic rings. The number of hydrogen-bond acceptors (Lipinski definition) is 4. The number of rotatable bonds is 6. The molecule has 5 rings (SSSR count). The van der Waals surface area contributed by atoms with Gasteiger partial charge in [-0.1, -0.05) is 18.2 Å². The Balaban J connectivity index is 1.72. The van der Waals surface area contributed by atoms with E-state index in [4.69, 9.17) is 20.4 Å². The lowest BCUT2D eigenvalue weighted by Gasteiger charge is -2.25. The predicted molar refractivity (Wildman–Crippen MR) is 140 cm³/mol. The monoisotopic (exact) mass is 482 g/mol. The Hall–Kier alpha value is -3.94. The van der Waals surface area contributed by atoms with Crippen LogP contribution in [0.4, 0.5) is 0 Å². The smallest absolute Gasteiger partial charge is 0.169 e. The zero-order valence-electron chi connectivity index (χ0n) is 22.4. The van der Waals surface area contributed by atoms with Crippen LogP contribution in [0.1, 0.15) is 69.0 Å². The molecular weight excluding hydrogens is 448 g/mol. The minimum atomic E-state index is -0.214. The Morgan fingerprint density at radius 1 is 0.444 bits per heavy atom. The molecule has 0 aliphatic heterocycles. The lowest BCUT2D eigenvalue weighted by molar-refractivity contribution is 0.391. The van der Waals surface area contributed by atoms with Gasteiger partial charge in [0.25, 0.3) is 0 Å². The summed E-state index contributed by atoms with van der Waals surface area (Å²) in [6.07, 6.45) is -0.428. The lowest BCUT2D eigenvalue weighted by Crippen LogP contribution is -2.26. The highest BCUT2D eigenvalue weighted by Gasteiger charge is 2.26. The highest BCUT2D eigenvalue weighted by Crippen LogP contribution is 2.29. The van der Waals surface area contributed by atoms with Gasteiger partial charge in [0.1, 0.15) is 0 Å². The first-order chi connectivity index (χ1) is 17.1. The van der Waals surface area contributed by atoms with Gasteiger partial charge in [-0.25, -0.2) is 18.7 Å². The predicted octanol–water partition coefficient (Wildman–Crippen LogP) is 5.13. The fraction of sp³-hybridized carbons (Fsp3) is 0.357. The molecule has 1 aromatic carbocycles. The van der Waals surface area contributed by atoms with E-state index in [2.05, 4.69) is 95.0 Å². The molecule has 0 fully saturated rings. The quantitative estimate of drug-likeness (QED) is 0.336. The Morgan fingerprint density at radius 2 is 0.722 bits per heavy atom. The van der Waals surface area contributed by atoms with Crippen LogP contribution in [-0.4, -0.2) is 39.1 Å². The second-order valence-electron chi connectivity index (χ2n) is 9.90. The van der Waals surface area contributed by atoms with E-state index < -0.39 is 0 Å². The first-order valence-electron chi connectivity index (χ1n) is 12.3. The molecule has 0 amide bonds. The van der Waals surface area contributed by atoms with Gasteiger partial charge >= 0.3 is 0 Å². The average molecular weight is 483 g/mol. The maximum atomic E-state index is 4.86. The van der Waals surface area contributed by atoms with Crippen LogP contribution < -0.4 is 0 Å². The second kappa shape index (κ2) is 8.93. The van der Waals surface area contributed by atoms with Crippen molar-refractivity contribution in [2.24, 2.45) is 0 Å². The summed E-state index contributed by atoms with van der Waals surface area (Å²) < 4.78 is 8.26. The molecule has 0 unspecified atom stereocenters. The van der Waals surface area contributed by atoms with Crippen LogP contribution >= 0.6 is 0 Å². The van der Waals surface area contributed by atoms with Crippen molar-refractivity contribution >= 4 is 0 Å². The van der Waals surface area contributed by atoms with Crippen molar-refractivity contribution in [2.45, 2.75) is 67.7 Å². The lowest BCUT2D eigenvalue weighted by atomic mass is 10.1. The summed E-state index contributed by atoms with van der Waals surface area (Å²) in [4.78, 5) is 0. The largest absolute Gasteiger partial charge is 0.240 e. The van der Waals surface area contributed by atoms with Crippen LogP contribution in [-0.2, 0) is 0 Å². The van der Waals surface area contributed by atoms with Gasteiger partial charge in [-0.05, 0) is 96.8 Å². The highest BCUT2D eigenvalue weighted by atomic mass is 15.5. The van der Waals surface area contributed by atoms with Crippen molar-refractivity contribution in [3.8, 4) is 0 Å². The Bertz CT molecular complexity index is 1340. The van der Waals surface area contributed by atoms with Crippen LogP contribution in [0.2, 0.25) is 0 Å². The number of hydrogen-bond donors (Lipinski definition) is 0. The summed E-state index contributed by atoms with van der Waals surface area (Å²) in [6, 6.07) is 17.1. The van der Waals surface area contributed by atoms with Crippen LogP contribution in [0.15, 0.2) is 48.5 Å². The standard InChI is InChI=1S/C28H34N8/c1-17-12-21(5)33(29-17)27(34-22(6)13-18(2)30-34)25-10-9-11-26(16-25)28(35-23(7)14-19(3)31-35)36-24(8)15-20(4)32-36/h9-16,27-28H,1-8H3. The van der Waals surface area contributed by atoms with E-state index in [9.17, 15) is 0 Å². The van der Waals surface area contributed by atoms with Crippen molar-refractivity contribution in [1.82, 2.24) is 39.1 Å². The molecule has 186 valence electrons. The van der Waals surface area contributed by atoms with Gasteiger partial charge in [-0.2, -0.15) is 20.4 Å². The van der Waals surface area contributed by atoms with Gasteiger partial charge in [-0.3, -0.25) is 0 Å². The van der Waals surface area contributed by atoms with Gasteiger partial charge in [0.2, 0.25) is 0 Å². The molecule has 36 heavy (non-hydrogen) atoms. The molecule has 8 nitrogen and oxygen atoms in total.